The van der Waals surface area contributed by atoms with Crippen LogP contribution in [0.4, 0.5) is 0 Å². The second kappa shape index (κ2) is 7.17. The second-order valence-electron chi connectivity index (χ2n) is 3.98. The topological polar surface area (TPSA) is 51.2 Å². The third-order valence-corrected chi connectivity index (χ3v) is 4.17. The van der Waals surface area contributed by atoms with Crippen LogP contribution in [-0.2, 0) is 17.9 Å². The van der Waals surface area contributed by atoms with Gasteiger partial charge in [0.05, 0.1) is 6.61 Å². The molecule has 1 amide bonds. The fourth-order valence-corrected chi connectivity index (χ4v) is 3.02. The van der Waals surface area contributed by atoms with E-state index in [1.165, 1.54) is 11.3 Å². The summed E-state index contributed by atoms with van der Waals surface area (Å²) >= 11 is 10.8. The van der Waals surface area contributed by atoms with E-state index in [-0.39, 0.29) is 5.91 Å². The average molecular weight is 376 g/mol. The van der Waals surface area contributed by atoms with Crippen LogP contribution in [0.15, 0.2) is 28.1 Å². The first-order valence-corrected chi connectivity index (χ1v) is 7.80. The minimum Gasteiger partial charge on any atom is -0.378 e. The molecule has 0 aliphatic carbocycles. The summed E-state index contributed by atoms with van der Waals surface area (Å²) in [5, 5.41) is 5.90. The van der Waals surface area contributed by atoms with Crippen molar-refractivity contribution in [2.24, 2.45) is 0 Å². The quantitative estimate of drug-likeness (QED) is 0.868. The van der Waals surface area contributed by atoms with Crippen LogP contribution in [0.2, 0.25) is 5.02 Å². The smallest absolute Gasteiger partial charge is 0.271 e. The predicted molar refractivity (Wildman–Crippen MR) is 83.1 cm³/mol. The maximum atomic E-state index is 12.0. The first-order chi connectivity index (χ1) is 9.60. The Bertz CT molecular complexity index is 618. The number of benzene rings is 1. The Labute approximate surface area is 134 Å². The van der Waals surface area contributed by atoms with Crippen LogP contribution in [-0.4, -0.2) is 18.0 Å². The van der Waals surface area contributed by atoms with E-state index in [4.69, 9.17) is 16.3 Å². The maximum Gasteiger partial charge on any atom is 0.271 e. The minimum atomic E-state index is -0.220. The van der Waals surface area contributed by atoms with Crippen molar-refractivity contribution in [1.29, 1.82) is 0 Å². The van der Waals surface area contributed by atoms with E-state index in [0.29, 0.717) is 23.9 Å². The summed E-state index contributed by atoms with van der Waals surface area (Å²) in [4.78, 5) is 16.1. The molecule has 20 heavy (non-hydrogen) atoms. The molecule has 1 aromatic heterocycles. The molecule has 0 bridgehead atoms. The molecule has 4 nitrogen and oxygen atoms in total. The Morgan fingerprint density at radius 2 is 2.35 bits per heavy atom. The molecule has 0 fully saturated rings. The molecule has 0 radical (unpaired) electrons. The fourth-order valence-electron chi connectivity index (χ4n) is 1.54. The highest BCUT2D eigenvalue weighted by Gasteiger charge is 2.11. The summed E-state index contributed by atoms with van der Waals surface area (Å²) in [5.74, 6) is -0.220. The van der Waals surface area contributed by atoms with Crippen molar-refractivity contribution in [3.63, 3.8) is 0 Å². The normalized spacial score (nSPS) is 10.6. The lowest BCUT2D eigenvalue weighted by Crippen LogP contribution is -2.23. The first kappa shape index (κ1) is 15.4. The number of ether oxygens (including phenoxy) is 1. The zero-order valence-electron chi connectivity index (χ0n) is 10.7. The van der Waals surface area contributed by atoms with Crippen molar-refractivity contribution < 1.29 is 9.53 Å². The Hall–Kier alpha value is -0.950. The average Bonchev–Trinajstić information content (AvgIpc) is 2.86. The number of nitrogens with zero attached hydrogens (tertiary/aromatic N) is 1. The number of amides is 1. The molecule has 0 aliphatic heterocycles. The number of halogens is 2. The number of carbonyl (C=O) groups is 1. The molecule has 0 aliphatic rings. The van der Waals surface area contributed by atoms with Gasteiger partial charge in [-0.3, -0.25) is 4.79 Å². The Balaban J connectivity index is 1.97. The third-order valence-electron chi connectivity index (χ3n) is 2.51. The molecule has 0 atom stereocenters. The van der Waals surface area contributed by atoms with Crippen LogP contribution in [0.1, 0.15) is 21.1 Å². The monoisotopic (exact) mass is 374 g/mol. The number of nitrogens with one attached hydrogen (secondary N) is 1. The highest BCUT2D eigenvalue weighted by Crippen LogP contribution is 2.21. The summed E-state index contributed by atoms with van der Waals surface area (Å²) < 4.78 is 5.88. The Kier molecular flexibility index (Phi) is 5.54. The van der Waals surface area contributed by atoms with Crippen molar-refractivity contribution in [2.75, 3.05) is 7.11 Å². The van der Waals surface area contributed by atoms with Gasteiger partial charge in [-0.1, -0.05) is 33.6 Å². The van der Waals surface area contributed by atoms with Crippen molar-refractivity contribution >= 4 is 44.8 Å². The van der Waals surface area contributed by atoms with E-state index in [9.17, 15) is 4.79 Å². The van der Waals surface area contributed by atoms with Gasteiger partial charge in [-0.2, -0.15) is 0 Å². The van der Waals surface area contributed by atoms with Crippen LogP contribution in [0, 0.1) is 0 Å². The standard InChI is InChI=1S/C13H12BrClN2O2S/c1-19-6-12-17-11(7-20-12)13(18)16-5-8-2-3-9(14)4-10(8)15/h2-4,7H,5-6H2,1H3,(H,16,18). The van der Waals surface area contributed by atoms with E-state index in [1.807, 2.05) is 12.1 Å². The maximum absolute atomic E-state index is 12.0. The first-order valence-electron chi connectivity index (χ1n) is 5.75. The zero-order valence-corrected chi connectivity index (χ0v) is 13.8. The van der Waals surface area contributed by atoms with Crippen LogP contribution >= 0.6 is 38.9 Å². The Morgan fingerprint density at radius 1 is 1.55 bits per heavy atom. The van der Waals surface area contributed by atoms with Gasteiger partial charge in [0, 0.05) is 28.5 Å². The largest absolute Gasteiger partial charge is 0.378 e. The van der Waals surface area contributed by atoms with Gasteiger partial charge in [0.25, 0.3) is 5.91 Å². The summed E-state index contributed by atoms with van der Waals surface area (Å²) in [6, 6.07) is 5.54. The van der Waals surface area contributed by atoms with E-state index >= 15 is 0 Å². The SMILES string of the molecule is COCc1nc(C(=O)NCc2ccc(Br)cc2Cl)cs1. The molecule has 0 spiro atoms. The molecule has 0 saturated carbocycles. The number of hydrogen-bond acceptors (Lipinski definition) is 4. The van der Waals surface area contributed by atoms with Crippen LogP contribution < -0.4 is 5.32 Å². The second-order valence-corrected chi connectivity index (χ2v) is 6.24. The van der Waals surface area contributed by atoms with Gasteiger partial charge in [-0.25, -0.2) is 4.98 Å². The third kappa shape index (κ3) is 4.02. The highest BCUT2D eigenvalue weighted by atomic mass is 79.9. The summed E-state index contributed by atoms with van der Waals surface area (Å²) in [5.41, 5.74) is 1.26. The van der Waals surface area contributed by atoms with Crippen molar-refractivity contribution in [2.45, 2.75) is 13.2 Å². The molecule has 106 valence electrons. The number of rotatable bonds is 5. The lowest BCUT2D eigenvalue weighted by Gasteiger charge is -2.06. The van der Waals surface area contributed by atoms with Crippen LogP contribution in [0.25, 0.3) is 0 Å². The van der Waals surface area contributed by atoms with Crippen LogP contribution in [0.3, 0.4) is 0 Å². The summed E-state index contributed by atoms with van der Waals surface area (Å²) in [7, 11) is 1.59. The molecule has 2 aromatic rings. The number of methoxy groups -OCH3 is 1. The molecule has 0 saturated heterocycles. The number of hydrogen-bond donors (Lipinski definition) is 1. The van der Waals surface area contributed by atoms with Gasteiger partial charge < -0.3 is 10.1 Å². The van der Waals surface area contributed by atoms with Crippen molar-refractivity contribution in [3.8, 4) is 0 Å². The van der Waals surface area contributed by atoms with Gasteiger partial charge in [0.2, 0.25) is 0 Å². The van der Waals surface area contributed by atoms with Crippen LogP contribution in [0.5, 0.6) is 0 Å². The van der Waals surface area contributed by atoms with Crippen molar-refractivity contribution in [3.05, 3.63) is 49.3 Å². The fraction of sp³-hybridized carbons (Fsp3) is 0.231. The summed E-state index contributed by atoms with van der Waals surface area (Å²) in [6.07, 6.45) is 0. The predicted octanol–water partition coefficient (Wildman–Crippen LogP) is 3.64. The van der Waals surface area contributed by atoms with Crippen molar-refractivity contribution in [1.82, 2.24) is 10.3 Å². The lowest BCUT2D eigenvalue weighted by atomic mass is 10.2. The number of carbonyl (C=O) groups excluding carboxylic acids is 1. The van der Waals surface area contributed by atoms with Gasteiger partial charge in [0.15, 0.2) is 0 Å². The molecule has 0 unspecified atom stereocenters. The zero-order chi connectivity index (χ0) is 14.5. The lowest BCUT2D eigenvalue weighted by molar-refractivity contribution is 0.0946. The number of thiazole rings is 1. The summed E-state index contributed by atoms with van der Waals surface area (Å²) in [6.45, 7) is 0.776. The molecule has 1 heterocycles. The van der Waals surface area contributed by atoms with E-state index in [0.717, 1.165) is 15.0 Å². The van der Waals surface area contributed by atoms with Gasteiger partial charge in [-0.05, 0) is 17.7 Å². The Morgan fingerprint density at radius 3 is 3.05 bits per heavy atom. The molecular formula is C13H12BrClN2O2S. The molecular weight excluding hydrogens is 364 g/mol. The molecule has 1 aromatic carbocycles. The minimum absolute atomic E-state index is 0.220. The van der Waals surface area contributed by atoms with E-state index in [1.54, 1.807) is 18.6 Å². The van der Waals surface area contributed by atoms with Gasteiger partial charge >= 0.3 is 0 Å². The highest BCUT2D eigenvalue weighted by molar-refractivity contribution is 9.10. The van der Waals surface area contributed by atoms with Gasteiger partial charge in [-0.15, -0.1) is 11.3 Å². The molecule has 1 N–H and O–H groups in total. The van der Waals surface area contributed by atoms with E-state index in [2.05, 4.69) is 26.2 Å². The van der Waals surface area contributed by atoms with E-state index < -0.39 is 0 Å². The molecule has 2 rings (SSSR count). The number of aromatic nitrogens is 1. The van der Waals surface area contributed by atoms with Gasteiger partial charge in [0.1, 0.15) is 10.7 Å². The molecule has 7 heteroatoms.